The molecule has 1 N–H and O–H groups in total. The summed E-state index contributed by atoms with van der Waals surface area (Å²) in [5.74, 6) is -1.66. The normalized spacial score (nSPS) is 19.2. The highest BCUT2D eigenvalue weighted by molar-refractivity contribution is 6.30. The minimum Gasteiger partial charge on any atom is -0.478 e. The van der Waals surface area contributed by atoms with Crippen LogP contribution in [-0.4, -0.2) is 22.3 Å². The van der Waals surface area contributed by atoms with E-state index < -0.39 is 22.8 Å². The van der Waals surface area contributed by atoms with E-state index in [0.717, 1.165) is 6.08 Å². The van der Waals surface area contributed by atoms with E-state index in [9.17, 15) is 23.1 Å². The molecule has 0 saturated heterocycles. The molecule has 0 radical (unpaired) electrons. The lowest BCUT2D eigenvalue weighted by Crippen LogP contribution is -2.50. The number of carboxylic acids is 1. The summed E-state index contributed by atoms with van der Waals surface area (Å²) in [4.78, 5) is 11.3. The molecule has 1 unspecified atom stereocenters. The van der Waals surface area contributed by atoms with Crippen molar-refractivity contribution in [2.75, 3.05) is 0 Å². The second-order valence-electron chi connectivity index (χ2n) is 5.28. The predicted molar refractivity (Wildman–Crippen MR) is 88.8 cm³/mol. The minimum atomic E-state index is -5.15. The fourth-order valence-electron chi connectivity index (χ4n) is 2.33. The van der Waals surface area contributed by atoms with E-state index >= 15 is 0 Å². The van der Waals surface area contributed by atoms with Crippen molar-refractivity contribution in [3.63, 3.8) is 0 Å². The molecule has 2 aromatic rings. The maximum Gasteiger partial charge on any atom is 0.448 e. The number of halogens is 5. The minimum absolute atomic E-state index is 0.0281. The number of hydrogen-bond acceptors (Lipinski definition) is 3. The van der Waals surface area contributed by atoms with Gasteiger partial charge < -0.3 is 14.6 Å². The maximum atomic E-state index is 13.3. The average molecular weight is 405 g/mol. The molecule has 0 fully saturated rings. The zero-order valence-electron chi connectivity index (χ0n) is 12.7. The van der Waals surface area contributed by atoms with Crippen LogP contribution in [0.5, 0.6) is 17.2 Å². The Bertz CT molecular complexity index is 894. The third-order valence-corrected chi connectivity index (χ3v) is 4.30. The van der Waals surface area contributed by atoms with Gasteiger partial charge in [0.15, 0.2) is 0 Å². The monoisotopic (exact) mass is 404 g/mol. The Morgan fingerprint density at radius 2 is 1.81 bits per heavy atom. The van der Waals surface area contributed by atoms with Gasteiger partial charge in [-0.2, -0.15) is 13.2 Å². The Kier molecular flexibility index (Phi) is 4.54. The number of benzene rings is 2. The van der Waals surface area contributed by atoms with Gasteiger partial charge in [-0.3, -0.25) is 0 Å². The second-order valence-corrected chi connectivity index (χ2v) is 6.25. The number of rotatable bonds is 3. The van der Waals surface area contributed by atoms with Crippen LogP contribution < -0.4 is 9.47 Å². The van der Waals surface area contributed by atoms with E-state index in [0.29, 0.717) is 10.8 Å². The van der Waals surface area contributed by atoms with Crippen LogP contribution in [0, 0.1) is 0 Å². The van der Waals surface area contributed by atoms with Crippen LogP contribution in [0.2, 0.25) is 5.02 Å². The largest absolute Gasteiger partial charge is 0.478 e. The Balaban J connectivity index is 2.09. The molecule has 0 spiro atoms. The molecule has 4 nitrogen and oxygen atoms in total. The highest BCUT2D eigenvalue weighted by Crippen LogP contribution is 2.50. The first kappa shape index (κ1) is 18.4. The Morgan fingerprint density at radius 3 is 2.38 bits per heavy atom. The van der Waals surface area contributed by atoms with E-state index in [4.69, 9.17) is 32.7 Å². The molecule has 3 rings (SSSR count). The van der Waals surface area contributed by atoms with Gasteiger partial charge >= 0.3 is 17.2 Å². The molecule has 0 bridgehead atoms. The molecular formula is C17H9Cl2F3O4. The van der Waals surface area contributed by atoms with Crippen LogP contribution in [0.3, 0.4) is 0 Å². The summed E-state index contributed by atoms with van der Waals surface area (Å²) < 4.78 is 50.4. The van der Waals surface area contributed by atoms with E-state index in [1.807, 2.05) is 0 Å². The first-order valence-electron chi connectivity index (χ1n) is 7.08. The molecule has 0 saturated carbocycles. The summed E-state index contributed by atoms with van der Waals surface area (Å²) in [5, 5.41) is 6.16. The average Bonchev–Trinajstić information content (AvgIpc) is 2.55. The van der Waals surface area contributed by atoms with Crippen molar-refractivity contribution in [1.29, 1.82) is 0 Å². The number of carbonyl (C=O) groups is 1. The smallest absolute Gasteiger partial charge is 0.448 e. The molecular weight excluding hydrogens is 396 g/mol. The first-order valence-corrected chi connectivity index (χ1v) is 7.84. The number of aliphatic carboxylic acids is 1. The SMILES string of the molecule is O=C(O)C1=Cc2c(Oc3ccc(Cl)cc3)cccc2OC1(Cl)C(F)(F)F. The zero-order valence-corrected chi connectivity index (χ0v) is 14.2. The Morgan fingerprint density at radius 1 is 1.15 bits per heavy atom. The van der Waals surface area contributed by atoms with Gasteiger partial charge in [-0.25, -0.2) is 4.79 Å². The van der Waals surface area contributed by atoms with E-state index in [-0.39, 0.29) is 17.1 Å². The van der Waals surface area contributed by atoms with E-state index in [2.05, 4.69) is 0 Å². The third kappa shape index (κ3) is 3.20. The van der Waals surface area contributed by atoms with Gasteiger partial charge in [0, 0.05) is 5.02 Å². The molecule has 0 amide bonds. The van der Waals surface area contributed by atoms with Gasteiger partial charge in [0.1, 0.15) is 22.8 Å². The van der Waals surface area contributed by atoms with Crippen molar-refractivity contribution in [3.05, 3.63) is 58.6 Å². The number of alkyl halides is 4. The fourth-order valence-corrected chi connectivity index (χ4v) is 2.67. The van der Waals surface area contributed by atoms with Crippen LogP contribution in [-0.2, 0) is 4.79 Å². The van der Waals surface area contributed by atoms with Crippen molar-refractivity contribution in [1.82, 2.24) is 0 Å². The number of ether oxygens (including phenoxy) is 2. The van der Waals surface area contributed by atoms with Crippen molar-refractivity contribution in [3.8, 4) is 17.2 Å². The Hall–Kier alpha value is -2.38. The van der Waals surface area contributed by atoms with Gasteiger partial charge in [-0.15, -0.1) is 0 Å². The van der Waals surface area contributed by atoms with Crippen LogP contribution in [0.1, 0.15) is 5.56 Å². The van der Waals surface area contributed by atoms with Crippen LogP contribution in [0.25, 0.3) is 6.08 Å². The number of carboxylic acid groups (broad SMARTS) is 1. The van der Waals surface area contributed by atoms with Crippen molar-refractivity contribution in [2.24, 2.45) is 0 Å². The molecule has 1 heterocycles. The third-order valence-electron chi connectivity index (χ3n) is 3.55. The van der Waals surface area contributed by atoms with E-state index in [1.165, 1.54) is 18.2 Å². The standard InChI is InChI=1S/C17H9Cl2F3O4/c18-9-4-6-10(7-5-9)25-13-2-1-3-14-11(13)8-12(15(23)24)16(19,26-14)17(20,21)22/h1-8H,(H,23,24). The molecule has 1 aliphatic rings. The molecule has 1 atom stereocenters. The van der Waals surface area contributed by atoms with Crippen molar-refractivity contribution in [2.45, 2.75) is 11.2 Å². The number of hydrogen-bond donors (Lipinski definition) is 1. The highest BCUT2D eigenvalue weighted by Gasteiger charge is 2.62. The predicted octanol–water partition coefficient (Wildman–Crippen LogP) is 5.49. The summed E-state index contributed by atoms with van der Waals surface area (Å²) in [7, 11) is 0. The lowest BCUT2D eigenvalue weighted by molar-refractivity contribution is -0.204. The molecule has 0 aliphatic carbocycles. The first-order chi connectivity index (χ1) is 12.1. The molecule has 26 heavy (non-hydrogen) atoms. The molecule has 136 valence electrons. The molecule has 0 aromatic heterocycles. The van der Waals surface area contributed by atoms with Crippen molar-refractivity contribution < 1.29 is 32.5 Å². The highest BCUT2D eigenvalue weighted by atomic mass is 35.5. The quantitative estimate of drug-likeness (QED) is 0.687. The lowest BCUT2D eigenvalue weighted by Gasteiger charge is -2.34. The molecule has 2 aromatic carbocycles. The fraction of sp³-hybridized carbons (Fsp3) is 0.118. The summed E-state index contributed by atoms with van der Waals surface area (Å²) >= 11 is 11.3. The van der Waals surface area contributed by atoms with Gasteiger partial charge in [0.2, 0.25) is 0 Å². The van der Waals surface area contributed by atoms with E-state index in [1.54, 1.807) is 24.3 Å². The molecule has 9 heteroatoms. The molecule has 1 aliphatic heterocycles. The summed E-state index contributed by atoms with van der Waals surface area (Å²) in [6.07, 6.45) is -4.35. The van der Waals surface area contributed by atoms with Crippen LogP contribution >= 0.6 is 23.2 Å². The van der Waals surface area contributed by atoms with Gasteiger partial charge in [0.05, 0.1) is 5.56 Å². The van der Waals surface area contributed by atoms with Crippen LogP contribution in [0.4, 0.5) is 13.2 Å². The second kappa shape index (κ2) is 6.41. The van der Waals surface area contributed by atoms with Crippen LogP contribution in [0.15, 0.2) is 48.0 Å². The maximum absolute atomic E-state index is 13.3. The topological polar surface area (TPSA) is 55.8 Å². The van der Waals surface area contributed by atoms with Crippen molar-refractivity contribution >= 4 is 35.2 Å². The lowest BCUT2D eigenvalue weighted by atomic mass is 10.00. The van der Waals surface area contributed by atoms with Gasteiger partial charge in [0.25, 0.3) is 0 Å². The summed E-state index contributed by atoms with van der Waals surface area (Å²) in [5.41, 5.74) is -1.13. The van der Waals surface area contributed by atoms with Gasteiger partial charge in [-0.1, -0.05) is 29.3 Å². The summed E-state index contributed by atoms with van der Waals surface area (Å²) in [6.45, 7) is 0. The van der Waals surface area contributed by atoms with Gasteiger partial charge in [-0.05, 0) is 42.5 Å². The zero-order chi connectivity index (χ0) is 19.1. The number of fused-ring (bicyclic) bond motifs is 1. The Labute approximate surface area is 155 Å². The summed E-state index contributed by atoms with van der Waals surface area (Å²) in [6, 6.07) is 10.3.